The fraction of sp³-hybridized carbons (Fsp3) is 0.231. The SMILES string of the molecule is O=C1CCCN1c1ccn(-c2ccc(S(=O)(=O)[O-])cc2)n1. The maximum absolute atomic E-state index is 11.7. The van der Waals surface area contributed by atoms with E-state index < -0.39 is 10.1 Å². The number of anilines is 1. The molecule has 1 aromatic heterocycles. The molecular formula is C13H12N3O4S-. The summed E-state index contributed by atoms with van der Waals surface area (Å²) in [5, 5.41) is 4.30. The van der Waals surface area contributed by atoms with Crippen LogP contribution in [-0.2, 0) is 14.9 Å². The Morgan fingerprint density at radius 1 is 1.14 bits per heavy atom. The lowest BCUT2D eigenvalue weighted by molar-refractivity contribution is -0.117. The number of hydrogen-bond donors (Lipinski definition) is 0. The molecule has 0 spiro atoms. The van der Waals surface area contributed by atoms with Crippen molar-refractivity contribution in [3.8, 4) is 5.69 Å². The standard InChI is InChI=1S/C13H13N3O4S/c17-13-2-1-8-15(13)12-7-9-16(14-12)10-3-5-11(6-4-10)21(18,19)20/h3-7,9H,1-2,8H2,(H,18,19,20)/p-1. The van der Waals surface area contributed by atoms with E-state index in [1.165, 1.54) is 28.9 Å². The number of aromatic nitrogens is 2. The largest absolute Gasteiger partial charge is 0.744 e. The van der Waals surface area contributed by atoms with Crippen LogP contribution in [0.25, 0.3) is 5.69 Å². The van der Waals surface area contributed by atoms with Gasteiger partial charge in [0, 0.05) is 25.2 Å². The van der Waals surface area contributed by atoms with Crippen molar-refractivity contribution < 1.29 is 17.8 Å². The molecule has 1 aromatic carbocycles. The molecule has 7 nitrogen and oxygen atoms in total. The Kier molecular flexibility index (Phi) is 3.26. The molecule has 0 saturated carbocycles. The van der Waals surface area contributed by atoms with Gasteiger partial charge in [0.05, 0.1) is 10.6 Å². The van der Waals surface area contributed by atoms with Gasteiger partial charge in [0.25, 0.3) is 0 Å². The van der Waals surface area contributed by atoms with E-state index in [2.05, 4.69) is 5.10 Å². The second-order valence-corrected chi connectivity index (χ2v) is 6.10. The van der Waals surface area contributed by atoms with Crippen LogP contribution < -0.4 is 4.90 Å². The molecule has 1 amide bonds. The number of nitrogens with zero attached hydrogens (tertiary/aromatic N) is 3. The zero-order valence-corrected chi connectivity index (χ0v) is 11.8. The van der Waals surface area contributed by atoms with Crippen molar-refractivity contribution in [2.24, 2.45) is 0 Å². The summed E-state index contributed by atoms with van der Waals surface area (Å²) in [5.74, 6) is 0.617. The predicted molar refractivity (Wildman–Crippen MR) is 73.1 cm³/mol. The molecule has 0 radical (unpaired) electrons. The molecule has 0 aliphatic carbocycles. The monoisotopic (exact) mass is 306 g/mol. The second-order valence-electron chi connectivity index (χ2n) is 4.72. The zero-order valence-electron chi connectivity index (χ0n) is 11.0. The minimum atomic E-state index is -4.45. The molecule has 0 unspecified atom stereocenters. The summed E-state index contributed by atoms with van der Waals surface area (Å²) in [7, 11) is -4.45. The predicted octanol–water partition coefficient (Wildman–Crippen LogP) is 0.903. The summed E-state index contributed by atoms with van der Waals surface area (Å²) in [6.45, 7) is 0.656. The summed E-state index contributed by atoms with van der Waals surface area (Å²) in [6.07, 6.45) is 3.03. The van der Waals surface area contributed by atoms with Crippen LogP contribution in [0.3, 0.4) is 0 Å². The van der Waals surface area contributed by atoms with Crippen LogP contribution >= 0.6 is 0 Å². The first-order chi connectivity index (χ1) is 9.95. The van der Waals surface area contributed by atoms with E-state index in [1.54, 1.807) is 17.2 Å². The van der Waals surface area contributed by atoms with Gasteiger partial charge in [-0.1, -0.05) is 0 Å². The van der Waals surface area contributed by atoms with Crippen molar-refractivity contribution in [1.82, 2.24) is 9.78 Å². The molecule has 110 valence electrons. The van der Waals surface area contributed by atoms with Gasteiger partial charge in [-0.15, -0.1) is 5.10 Å². The summed E-state index contributed by atoms with van der Waals surface area (Å²) < 4.78 is 34.1. The lowest BCUT2D eigenvalue weighted by atomic mass is 10.3. The van der Waals surface area contributed by atoms with E-state index in [-0.39, 0.29) is 10.8 Å². The van der Waals surface area contributed by atoms with Crippen LogP contribution in [-0.4, -0.2) is 35.2 Å². The fourth-order valence-electron chi connectivity index (χ4n) is 2.26. The van der Waals surface area contributed by atoms with Crippen LogP contribution in [0.2, 0.25) is 0 Å². The van der Waals surface area contributed by atoms with Gasteiger partial charge in [0.1, 0.15) is 10.1 Å². The van der Waals surface area contributed by atoms with Crippen molar-refractivity contribution in [3.05, 3.63) is 36.5 Å². The molecule has 1 saturated heterocycles. The smallest absolute Gasteiger partial charge is 0.228 e. The molecule has 3 rings (SSSR count). The van der Waals surface area contributed by atoms with E-state index in [0.717, 1.165) is 6.42 Å². The van der Waals surface area contributed by atoms with Crippen molar-refractivity contribution in [2.75, 3.05) is 11.4 Å². The highest BCUT2D eigenvalue weighted by atomic mass is 32.2. The van der Waals surface area contributed by atoms with Gasteiger partial charge >= 0.3 is 0 Å². The maximum atomic E-state index is 11.7. The van der Waals surface area contributed by atoms with E-state index in [0.29, 0.717) is 24.5 Å². The highest BCUT2D eigenvalue weighted by Gasteiger charge is 2.23. The minimum Gasteiger partial charge on any atom is -0.744 e. The number of hydrogen-bond acceptors (Lipinski definition) is 5. The number of benzene rings is 1. The Morgan fingerprint density at radius 2 is 1.86 bits per heavy atom. The van der Waals surface area contributed by atoms with Crippen LogP contribution in [0.1, 0.15) is 12.8 Å². The van der Waals surface area contributed by atoms with Gasteiger partial charge in [-0.2, -0.15) is 0 Å². The third-order valence-electron chi connectivity index (χ3n) is 3.31. The Bertz CT molecular complexity index is 780. The molecule has 1 aliphatic rings. The van der Waals surface area contributed by atoms with Crippen LogP contribution in [0.5, 0.6) is 0 Å². The lowest BCUT2D eigenvalue weighted by Crippen LogP contribution is -2.24. The van der Waals surface area contributed by atoms with Crippen LogP contribution in [0.4, 0.5) is 5.82 Å². The van der Waals surface area contributed by atoms with Crippen LogP contribution in [0, 0.1) is 0 Å². The quantitative estimate of drug-likeness (QED) is 0.785. The van der Waals surface area contributed by atoms with Crippen molar-refractivity contribution >= 4 is 21.8 Å². The van der Waals surface area contributed by atoms with E-state index in [9.17, 15) is 17.8 Å². The summed E-state index contributed by atoms with van der Waals surface area (Å²) in [6, 6.07) is 7.18. The van der Waals surface area contributed by atoms with E-state index in [4.69, 9.17) is 0 Å². The van der Waals surface area contributed by atoms with Gasteiger partial charge in [-0.3, -0.25) is 9.69 Å². The average molecular weight is 306 g/mol. The van der Waals surface area contributed by atoms with Gasteiger partial charge in [0.2, 0.25) is 5.91 Å². The van der Waals surface area contributed by atoms with Crippen molar-refractivity contribution in [2.45, 2.75) is 17.7 Å². The van der Waals surface area contributed by atoms with Crippen molar-refractivity contribution in [3.63, 3.8) is 0 Å². The molecular weight excluding hydrogens is 294 g/mol. The molecule has 1 fully saturated rings. The summed E-state index contributed by atoms with van der Waals surface area (Å²) in [4.78, 5) is 13.0. The molecule has 2 aromatic rings. The first kappa shape index (κ1) is 13.8. The molecule has 0 bridgehead atoms. The molecule has 2 heterocycles. The highest BCUT2D eigenvalue weighted by molar-refractivity contribution is 7.85. The second kappa shape index (κ2) is 4.97. The van der Waals surface area contributed by atoms with E-state index in [1.807, 2.05) is 0 Å². The normalized spacial score (nSPS) is 15.7. The Morgan fingerprint density at radius 3 is 2.43 bits per heavy atom. The first-order valence-corrected chi connectivity index (χ1v) is 7.78. The number of carbonyl (C=O) groups excluding carboxylic acids is 1. The zero-order chi connectivity index (χ0) is 15.0. The number of carbonyl (C=O) groups is 1. The molecule has 0 atom stereocenters. The molecule has 21 heavy (non-hydrogen) atoms. The van der Waals surface area contributed by atoms with Gasteiger partial charge < -0.3 is 4.55 Å². The first-order valence-electron chi connectivity index (χ1n) is 6.37. The molecule has 1 aliphatic heterocycles. The number of rotatable bonds is 3. The fourth-order valence-corrected chi connectivity index (χ4v) is 2.73. The third-order valence-corrected chi connectivity index (χ3v) is 4.16. The van der Waals surface area contributed by atoms with E-state index >= 15 is 0 Å². The molecule has 8 heteroatoms. The Labute approximate surface area is 121 Å². The maximum Gasteiger partial charge on any atom is 0.228 e. The third kappa shape index (κ3) is 2.67. The number of amides is 1. The van der Waals surface area contributed by atoms with Crippen LogP contribution in [0.15, 0.2) is 41.4 Å². The van der Waals surface area contributed by atoms with Crippen molar-refractivity contribution in [1.29, 1.82) is 0 Å². The topological polar surface area (TPSA) is 95.3 Å². The van der Waals surface area contributed by atoms with Gasteiger partial charge in [0.15, 0.2) is 5.82 Å². The average Bonchev–Trinajstić information content (AvgIpc) is 3.06. The van der Waals surface area contributed by atoms with Gasteiger partial charge in [-0.25, -0.2) is 13.1 Å². The summed E-state index contributed by atoms with van der Waals surface area (Å²) >= 11 is 0. The Balaban J connectivity index is 1.88. The Hall–Kier alpha value is -2.19. The summed E-state index contributed by atoms with van der Waals surface area (Å²) in [5.41, 5.74) is 0.611. The molecule has 0 N–H and O–H groups in total. The van der Waals surface area contributed by atoms with Gasteiger partial charge in [-0.05, 0) is 30.7 Å². The lowest BCUT2D eigenvalue weighted by Gasteiger charge is -2.11. The highest BCUT2D eigenvalue weighted by Crippen LogP contribution is 2.20. The minimum absolute atomic E-state index is 0.0491.